The molecule has 2 heterocycles. The predicted molar refractivity (Wildman–Crippen MR) is 139 cm³/mol. The number of aryl methyl sites for hydroxylation is 1. The molecule has 6 rings (SSSR count). The minimum Gasteiger partial charge on any atom is -0.497 e. The number of methoxy groups -OCH3 is 1. The Bertz CT molecular complexity index is 1370. The SMILES string of the molecule is COc1ccc(-c2ccc(-c3nc4ccc(C)cc4n3C[C@H]3CCN(C(=O)C4CC4)C3)cc2)cc1. The lowest BCUT2D eigenvalue weighted by atomic mass is 10.0. The van der Waals surface area contributed by atoms with Crippen molar-refractivity contribution in [3.05, 3.63) is 72.3 Å². The zero-order chi connectivity index (χ0) is 23.9. The van der Waals surface area contributed by atoms with E-state index in [1.807, 2.05) is 12.1 Å². The first-order chi connectivity index (χ1) is 17.1. The van der Waals surface area contributed by atoms with Crippen LogP contribution in [0.4, 0.5) is 0 Å². The molecule has 5 heteroatoms. The second kappa shape index (κ2) is 8.88. The van der Waals surface area contributed by atoms with Crippen molar-refractivity contribution in [2.24, 2.45) is 11.8 Å². The molecule has 0 radical (unpaired) electrons. The van der Waals surface area contributed by atoms with Gasteiger partial charge in [-0.15, -0.1) is 0 Å². The van der Waals surface area contributed by atoms with Crippen LogP contribution >= 0.6 is 0 Å². The number of ether oxygens (including phenoxy) is 1. The number of imidazole rings is 1. The fourth-order valence-corrected chi connectivity index (χ4v) is 5.26. The van der Waals surface area contributed by atoms with Crippen LogP contribution in [0.3, 0.4) is 0 Å². The quantitative estimate of drug-likeness (QED) is 0.354. The topological polar surface area (TPSA) is 47.4 Å². The Kier molecular flexibility index (Phi) is 5.56. The van der Waals surface area contributed by atoms with Crippen molar-refractivity contribution in [3.8, 4) is 28.3 Å². The minimum atomic E-state index is 0.297. The second-order valence-electron chi connectivity index (χ2n) is 10.1. The predicted octanol–water partition coefficient (Wildman–Crippen LogP) is 5.95. The zero-order valence-corrected chi connectivity index (χ0v) is 20.4. The second-order valence-corrected chi connectivity index (χ2v) is 10.1. The molecule has 1 aliphatic heterocycles. The first kappa shape index (κ1) is 21.9. The molecule has 0 unspecified atom stereocenters. The van der Waals surface area contributed by atoms with Crippen LogP contribution in [-0.4, -0.2) is 40.6 Å². The molecule has 5 nitrogen and oxygen atoms in total. The molecule has 3 aromatic carbocycles. The van der Waals surface area contributed by atoms with Gasteiger partial charge in [0.15, 0.2) is 0 Å². The molecular weight excluding hydrogens is 434 g/mol. The molecule has 1 atom stereocenters. The Morgan fingerprint density at radius 2 is 1.63 bits per heavy atom. The fourth-order valence-electron chi connectivity index (χ4n) is 5.26. The van der Waals surface area contributed by atoms with Crippen molar-refractivity contribution >= 4 is 16.9 Å². The van der Waals surface area contributed by atoms with Crippen molar-refractivity contribution in [2.45, 2.75) is 32.7 Å². The monoisotopic (exact) mass is 465 g/mol. The molecule has 0 N–H and O–H groups in total. The molecule has 1 amide bonds. The molecule has 0 spiro atoms. The van der Waals surface area contributed by atoms with Crippen LogP contribution in [-0.2, 0) is 11.3 Å². The number of fused-ring (bicyclic) bond motifs is 1. The number of aromatic nitrogens is 2. The van der Waals surface area contributed by atoms with E-state index in [-0.39, 0.29) is 0 Å². The van der Waals surface area contributed by atoms with E-state index in [1.54, 1.807) is 7.11 Å². The van der Waals surface area contributed by atoms with E-state index in [4.69, 9.17) is 9.72 Å². The first-order valence-corrected chi connectivity index (χ1v) is 12.6. The summed E-state index contributed by atoms with van der Waals surface area (Å²) in [6.07, 6.45) is 3.20. The van der Waals surface area contributed by atoms with Gasteiger partial charge in [-0.05, 0) is 73.1 Å². The number of benzene rings is 3. The summed E-state index contributed by atoms with van der Waals surface area (Å²) in [6, 6.07) is 23.3. The van der Waals surface area contributed by atoms with Gasteiger partial charge < -0.3 is 14.2 Å². The highest BCUT2D eigenvalue weighted by Crippen LogP contribution is 2.34. The standard InChI is InChI=1S/C30H31N3O2/c1-20-3-14-27-28(17-20)33(19-21-15-16-32(18-21)30(34)25-8-9-25)29(31-27)24-6-4-22(5-7-24)23-10-12-26(35-2)13-11-23/h3-7,10-14,17,21,25H,8-9,15-16,18-19H2,1-2H3/t21-/m0/s1. The number of carbonyl (C=O) groups excluding carboxylic acids is 1. The summed E-state index contributed by atoms with van der Waals surface area (Å²) in [5.41, 5.74) is 6.87. The van der Waals surface area contributed by atoms with Gasteiger partial charge in [0.2, 0.25) is 5.91 Å². The lowest BCUT2D eigenvalue weighted by Crippen LogP contribution is -2.30. The smallest absolute Gasteiger partial charge is 0.225 e. The van der Waals surface area contributed by atoms with Gasteiger partial charge in [-0.25, -0.2) is 4.98 Å². The summed E-state index contributed by atoms with van der Waals surface area (Å²) < 4.78 is 7.66. The van der Waals surface area contributed by atoms with E-state index >= 15 is 0 Å². The number of hydrogen-bond donors (Lipinski definition) is 0. The normalized spacial score (nSPS) is 17.8. The van der Waals surface area contributed by atoms with Gasteiger partial charge in [-0.1, -0.05) is 42.5 Å². The Morgan fingerprint density at radius 3 is 2.31 bits per heavy atom. The van der Waals surface area contributed by atoms with Crippen LogP contribution < -0.4 is 4.74 Å². The third kappa shape index (κ3) is 4.31. The average Bonchev–Trinajstić information content (AvgIpc) is 3.55. The number of likely N-dealkylation sites (tertiary alicyclic amines) is 1. The minimum absolute atomic E-state index is 0.297. The maximum Gasteiger partial charge on any atom is 0.225 e. The van der Waals surface area contributed by atoms with Crippen LogP contribution in [0.5, 0.6) is 5.75 Å². The molecule has 4 aromatic rings. The Hall–Kier alpha value is -3.60. The van der Waals surface area contributed by atoms with Gasteiger partial charge >= 0.3 is 0 Å². The third-order valence-electron chi connectivity index (χ3n) is 7.44. The maximum atomic E-state index is 12.6. The van der Waals surface area contributed by atoms with Crippen molar-refractivity contribution in [1.82, 2.24) is 14.5 Å². The number of hydrogen-bond acceptors (Lipinski definition) is 3. The fraction of sp³-hybridized carbons (Fsp3) is 0.333. The molecule has 1 aliphatic carbocycles. The Labute approximate surface area is 206 Å². The summed E-state index contributed by atoms with van der Waals surface area (Å²) >= 11 is 0. The lowest BCUT2D eigenvalue weighted by molar-refractivity contribution is -0.131. The molecule has 0 bridgehead atoms. The highest BCUT2D eigenvalue weighted by Gasteiger charge is 2.36. The molecular formula is C30H31N3O2. The van der Waals surface area contributed by atoms with Gasteiger partial charge in [0.25, 0.3) is 0 Å². The van der Waals surface area contributed by atoms with E-state index in [1.165, 1.54) is 16.6 Å². The van der Waals surface area contributed by atoms with Crippen LogP contribution in [0.2, 0.25) is 0 Å². The largest absolute Gasteiger partial charge is 0.497 e. The van der Waals surface area contributed by atoms with E-state index in [0.717, 1.165) is 67.1 Å². The highest BCUT2D eigenvalue weighted by molar-refractivity contribution is 5.82. The maximum absolute atomic E-state index is 12.6. The molecule has 35 heavy (non-hydrogen) atoms. The molecule has 2 fully saturated rings. The van der Waals surface area contributed by atoms with Gasteiger partial charge in [-0.2, -0.15) is 0 Å². The summed E-state index contributed by atoms with van der Waals surface area (Å²) in [4.78, 5) is 19.7. The molecule has 2 aliphatic rings. The molecule has 1 saturated heterocycles. The Morgan fingerprint density at radius 1 is 0.943 bits per heavy atom. The van der Waals surface area contributed by atoms with Crippen LogP contribution in [0, 0.1) is 18.8 Å². The van der Waals surface area contributed by atoms with Crippen molar-refractivity contribution < 1.29 is 9.53 Å². The third-order valence-corrected chi connectivity index (χ3v) is 7.44. The van der Waals surface area contributed by atoms with Crippen LogP contribution in [0.1, 0.15) is 24.8 Å². The van der Waals surface area contributed by atoms with Gasteiger partial charge in [0.05, 0.1) is 18.1 Å². The summed E-state index contributed by atoms with van der Waals surface area (Å²) in [5.74, 6) is 2.98. The van der Waals surface area contributed by atoms with E-state index in [2.05, 4.69) is 71.0 Å². The number of nitrogens with zero attached hydrogens (tertiary/aromatic N) is 3. The summed E-state index contributed by atoms with van der Waals surface area (Å²) in [6.45, 7) is 4.75. The lowest BCUT2D eigenvalue weighted by Gasteiger charge is -2.18. The van der Waals surface area contributed by atoms with E-state index in [0.29, 0.717) is 17.7 Å². The molecule has 1 aromatic heterocycles. The van der Waals surface area contributed by atoms with E-state index < -0.39 is 0 Å². The molecule has 178 valence electrons. The zero-order valence-electron chi connectivity index (χ0n) is 20.4. The van der Waals surface area contributed by atoms with Crippen molar-refractivity contribution in [2.75, 3.05) is 20.2 Å². The molecule has 1 saturated carbocycles. The van der Waals surface area contributed by atoms with Crippen molar-refractivity contribution in [1.29, 1.82) is 0 Å². The summed E-state index contributed by atoms with van der Waals surface area (Å²) in [5, 5.41) is 0. The highest BCUT2D eigenvalue weighted by atomic mass is 16.5. The van der Waals surface area contributed by atoms with Gasteiger partial charge in [-0.3, -0.25) is 4.79 Å². The van der Waals surface area contributed by atoms with Gasteiger partial charge in [0.1, 0.15) is 11.6 Å². The number of rotatable bonds is 6. The summed E-state index contributed by atoms with van der Waals surface area (Å²) in [7, 11) is 1.69. The number of carbonyl (C=O) groups is 1. The average molecular weight is 466 g/mol. The van der Waals surface area contributed by atoms with Crippen LogP contribution in [0.15, 0.2) is 66.7 Å². The van der Waals surface area contributed by atoms with Gasteiger partial charge in [0, 0.05) is 31.1 Å². The first-order valence-electron chi connectivity index (χ1n) is 12.6. The van der Waals surface area contributed by atoms with Crippen molar-refractivity contribution in [3.63, 3.8) is 0 Å². The number of amides is 1. The van der Waals surface area contributed by atoms with E-state index in [9.17, 15) is 4.79 Å². The Balaban J connectivity index is 1.30. The van der Waals surface area contributed by atoms with Crippen LogP contribution in [0.25, 0.3) is 33.5 Å².